The molecule has 0 saturated carbocycles. The molecule has 0 unspecified atom stereocenters. The van der Waals surface area contributed by atoms with Gasteiger partial charge >= 0.3 is 0 Å². The SMILES string of the molecule is CCN(CC)CCNC(=O)c1ccc(NCCCCCCN2C(=O)c3ccccc3C2=O)cc1. The van der Waals surface area contributed by atoms with E-state index in [0.29, 0.717) is 29.8 Å². The summed E-state index contributed by atoms with van der Waals surface area (Å²) in [6.07, 6.45) is 3.78. The third-order valence-corrected chi connectivity index (χ3v) is 6.27. The molecular formula is C27H36N4O3. The lowest BCUT2D eigenvalue weighted by Crippen LogP contribution is -2.34. The predicted octanol–water partition coefficient (Wildman–Crippen LogP) is 4.03. The average molecular weight is 465 g/mol. The van der Waals surface area contributed by atoms with Crippen LogP contribution in [0.4, 0.5) is 5.69 Å². The molecule has 34 heavy (non-hydrogen) atoms. The van der Waals surface area contributed by atoms with Gasteiger partial charge in [-0.05, 0) is 62.3 Å². The molecule has 0 bridgehead atoms. The van der Waals surface area contributed by atoms with Crippen LogP contribution >= 0.6 is 0 Å². The number of imide groups is 1. The number of carbonyl (C=O) groups is 3. The maximum atomic E-state index is 12.4. The van der Waals surface area contributed by atoms with Gasteiger partial charge < -0.3 is 15.5 Å². The van der Waals surface area contributed by atoms with Crippen molar-refractivity contribution in [2.24, 2.45) is 0 Å². The molecule has 2 N–H and O–H groups in total. The molecule has 7 heteroatoms. The second-order valence-corrected chi connectivity index (χ2v) is 8.51. The van der Waals surface area contributed by atoms with Gasteiger partial charge in [-0.15, -0.1) is 0 Å². The van der Waals surface area contributed by atoms with E-state index in [-0.39, 0.29) is 17.7 Å². The van der Waals surface area contributed by atoms with Crippen molar-refractivity contribution in [2.75, 3.05) is 44.6 Å². The molecule has 2 aromatic carbocycles. The Hall–Kier alpha value is -3.19. The summed E-state index contributed by atoms with van der Waals surface area (Å²) in [6, 6.07) is 14.6. The first-order chi connectivity index (χ1) is 16.5. The van der Waals surface area contributed by atoms with Crippen molar-refractivity contribution < 1.29 is 14.4 Å². The molecule has 1 heterocycles. The minimum atomic E-state index is -0.178. The van der Waals surface area contributed by atoms with Crippen LogP contribution < -0.4 is 10.6 Å². The van der Waals surface area contributed by atoms with Gasteiger partial charge in [-0.3, -0.25) is 19.3 Å². The summed E-state index contributed by atoms with van der Waals surface area (Å²) in [4.78, 5) is 40.7. The van der Waals surface area contributed by atoms with Crippen molar-refractivity contribution in [1.82, 2.24) is 15.1 Å². The monoisotopic (exact) mass is 464 g/mol. The molecule has 0 fully saturated rings. The van der Waals surface area contributed by atoms with E-state index in [1.807, 2.05) is 24.3 Å². The van der Waals surface area contributed by atoms with E-state index in [1.54, 1.807) is 24.3 Å². The van der Waals surface area contributed by atoms with Crippen molar-refractivity contribution >= 4 is 23.4 Å². The zero-order chi connectivity index (χ0) is 24.3. The smallest absolute Gasteiger partial charge is 0.261 e. The van der Waals surface area contributed by atoms with Crippen molar-refractivity contribution in [3.8, 4) is 0 Å². The Bertz CT molecular complexity index is 935. The lowest BCUT2D eigenvalue weighted by molar-refractivity contribution is 0.0651. The van der Waals surface area contributed by atoms with Crippen molar-refractivity contribution in [1.29, 1.82) is 0 Å². The van der Waals surface area contributed by atoms with Gasteiger partial charge in [-0.25, -0.2) is 0 Å². The first kappa shape index (κ1) is 25.4. The lowest BCUT2D eigenvalue weighted by atomic mass is 10.1. The number of benzene rings is 2. The number of nitrogens with zero attached hydrogens (tertiary/aromatic N) is 2. The predicted molar refractivity (Wildman–Crippen MR) is 135 cm³/mol. The molecule has 3 amide bonds. The molecule has 0 saturated heterocycles. The van der Waals surface area contributed by atoms with Crippen LogP contribution in [-0.2, 0) is 0 Å². The van der Waals surface area contributed by atoms with Gasteiger partial charge in [0.1, 0.15) is 0 Å². The van der Waals surface area contributed by atoms with Gasteiger partial charge in [0.25, 0.3) is 17.7 Å². The molecule has 2 aromatic rings. The number of hydrogen-bond donors (Lipinski definition) is 2. The Labute approximate surface area is 202 Å². The van der Waals surface area contributed by atoms with Gasteiger partial charge in [0.05, 0.1) is 11.1 Å². The molecule has 1 aliphatic heterocycles. The summed E-state index contributed by atoms with van der Waals surface area (Å²) in [5.41, 5.74) is 2.68. The fourth-order valence-corrected chi connectivity index (χ4v) is 4.13. The normalized spacial score (nSPS) is 12.9. The van der Waals surface area contributed by atoms with Crippen molar-refractivity contribution in [3.63, 3.8) is 0 Å². The number of anilines is 1. The summed E-state index contributed by atoms with van der Waals surface area (Å²) >= 11 is 0. The topological polar surface area (TPSA) is 81.8 Å². The quantitative estimate of drug-likeness (QED) is 0.326. The standard InChI is InChI=1S/C27H36N4O3/c1-3-30(4-2)20-18-29-25(32)21-13-15-22(16-14-21)28-17-9-5-6-10-19-31-26(33)23-11-7-8-12-24(23)27(31)34/h7-8,11-16,28H,3-6,9-10,17-20H2,1-2H3,(H,29,32). The molecule has 0 aromatic heterocycles. The lowest BCUT2D eigenvalue weighted by Gasteiger charge is -2.18. The fraction of sp³-hybridized carbons (Fsp3) is 0.444. The number of rotatable bonds is 14. The van der Waals surface area contributed by atoms with Crippen LogP contribution in [0, 0.1) is 0 Å². The van der Waals surface area contributed by atoms with Crippen LogP contribution in [-0.4, -0.2) is 66.8 Å². The van der Waals surface area contributed by atoms with Gasteiger partial charge in [-0.1, -0.05) is 38.8 Å². The van der Waals surface area contributed by atoms with Gasteiger partial charge in [0, 0.05) is 37.4 Å². The molecule has 182 valence electrons. The van der Waals surface area contributed by atoms with Gasteiger partial charge in [0.2, 0.25) is 0 Å². The summed E-state index contributed by atoms with van der Waals surface area (Å²) in [5.74, 6) is -0.400. The van der Waals surface area contributed by atoms with E-state index in [2.05, 4.69) is 29.4 Å². The number of hydrogen-bond acceptors (Lipinski definition) is 5. The number of unbranched alkanes of at least 4 members (excludes halogenated alkanes) is 3. The van der Waals surface area contributed by atoms with E-state index in [0.717, 1.165) is 57.5 Å². The minimum Gasteiger partial charge on any atom is -0.385 e. The van der Waals surface area contributed by atoms with Crippen LogP contribution in [0.25, 0.3) is 0 Å². The Kier molecular flexibility index (Phi) is 9.64. The Morgan fingerprint density at radius 1 is 0.824 bits per heavy atom. The summed E-state index contributed by atoms with van der Waals surface area (Å²) in [5, 5.41) is 6.36. The Morgan fingerprint density at radius 2 is 1.44 bits per heavy atom. The van der Waals surface area contributed by atoms with Crippen LogP contribution in [0.1, 0.15) is 70.6 Å². The highest BCUT2D eigenvalue weighted by atomic mass is 16.2. The second kappa shape index (κ2) is 12.9. The molecular weight excluding hydrogens is 428 g/mol. The second-order valence-electron chi connectivity index (χ2n) is 8.51. The van der Waals surface area contributed by atoms with E-state index in [4.69, 9.17) is 0 Å². The summed E-state index contributed by atoms with van der Waals surface area (Å²) in [7, 11) is 0. The average Bonchev–Trinajstić information content (AvgIpc) is 3.11. The summed E-state index contributed by atoms with van der Waals surface area (Å²) in [6.45, 7) is 9.02. The largest absolute Gasteiger partial charge is 0.385 e. The zero-order valence-corrected chi connectivity index (χ0v) is 20.3. The van der Waals surface area contributed by atoms with Gasteiger partial charge in [0.15, 0.2) is 0 Å². The third kappa shape index (κ3) is 6.67. The summed E-state index contributed by atoms with van der Waals surface area (Å²) < 4.78 is 0. The minimum absolute atomic E-state index is 0.0447. The van der Waals surface area contributed by atoms with Crippen molar-refractivity contribution in [2.45, 2.75) is 39.5 Å². The van der Waals surface area contributed by atoms with Gasteiger partial charge in [-0.2, -0.15) is 0 Å². The number of likely N-dealkylation sites (N-methyl/N-ethyl adjacent to an activating group) is 1. The highest BCUT2D eigenvalue weighted by molar-refractivity contribution is 6.21. The van der Waals surface area contributed by atoms with Crippen LogP contribution in [0.2, 0.25) is 0 Å². The maximum Gasteiger partial charge on any atom is 0.261 e. The van der Waals surface area contributed by atoms with E-state index in [9.17, 15) is 14.4 Å². The Morgan fingerprint density at radius 3 is 2.06 bits per heavy atom. The molecule has 7 nitrogen and oxygen atoms in total. The highest BCUT2D eigenvalue weighted by Gasteiger charge is 2.34. The van der Waals surface area contributed by atoms with E-state index in [1.165, 1.54) is 4.90 Å². The first-order valence-electron chi connectivity index (χ1n) is 12.3. The number of carbonyl (C=O) groups excluding carboxylic acids is 3. The fourth-order valence-electron chi connectivity index (χ4n) is 4.13. The number of amides is 3. The van der Waals surface area contributed by atoms with Crippen molar-refractivity contribution in [3.05, 3.63) is 65.2 Å². The number of nitrogens with one attached hydrogen (secondary N) is 2. The maximum absolute atomic E-state index is 12.4. The molecule has 0 aliphatic carbocycles. The zero-order valence-electron chi connectivity index (χ0n) is 20.3. The molecule has 0 atom stereocenters. The van der Waals surface area contributed by atoms with E-state index >= 15 is 0 Å². The highest BCUT2D eigenvalue weighted by Crippen LogP contribution is 2.22. The molecule has 0 radical (unpaired) electrons. The molecule has 0 spiro atoms. The Balaban J connectivity index is 1.28. The van der Waals surface area contributed by atoms with Crippen LogP contribution in [0.15, 0.2) is 48.5 Å². The number of fused-ring (bicyclic) bond motifs is 1. The third-order valence-electron chi connectivity index (χ3n) is 6.27. The van der Waals surface area contributed by atoms with Crippen LogP contribution in [0.3, 0.4) is 0 Å². The van der Waals surface area contributed by atoms with E-state index < -0.39 is 0 Å². The first-order valence-corrected chi connectivity index (χ1v) is 12.3. The molecule has 1 aliphatic rings. The van der Waals surface area contributed by atoms with Crippen LogP contribution in [0.5, 0.6) is 0 Å². The molecule has 3 rings (SSSR count).